The first kappa shape index (κ1) is 12.8. The Morgan fingerprint density at radius 2 is 2.00 bits per heavy atom. The van der Waals surface area contributed by atoms with Gasteiger partial charge < -0.3 is 21.1 Å². The largest absolute Gasteiger partial charge is 0.468 e. The summed E-state index contributed by atoms with van der Waals surface area (Å²) < 4.78 is 4.47. The molecule has 0 atom stereocenters. The second-order valence-corrected chi connectivity index (χ2v) is 3.58. The first-order valence-corrected chi connectivity index (χ1v) is 4.93. The number of rotatable bonds is 3. The van der Waals surface area contributed by atoms with Crippen LogP contribution in [0, 0.1) is 0 Å². The number of likely N-dealkylation sites (N-methyl/N-ethyl adjacent to an activating group) is 1. The zero-order valence-electron chi connectivity index (χ0n) is 9.77. The van der Waals surface area contributed by atoms with Gasteiger partial charge in [0.25, 0.3) is 5.91 Å². The van der Waals surface area contributed by atoms with Crippen LogP contribution in [0.3, 0.4) is 0 Å². The normalized spacial score (nSPS) is 9.76. The number of nitrogens with two attached hydrogens (primary N) is 2. The summed E-state index contributed by atoms with van der Waals surface area (Å²) >= 11 is 0. The molecule has 0 aromatic heterocycles. The van der Waals surface area contributed by atoms with E-state index < -0.39 is 5.97 Å². The molecule has 0 saturated heterocycles. The van der Waals surface area contributed by atoms with Crippen molar-refractivity contribution in [2.45, 2.75) is 0 Å². The summed E-state index contributed by atoms with van der Waals surface area (Å²) in [5, 5.41) is 0. The molecule has 6 nitrogen and oxygen atoms in total. The number of nitrogen functional groups attached to an aromatic ring is 2. The Bertz CT molecular complexity index is 446. The topological polar surface area (TPSA) is 98.6 Å². The van der Waals surface area contributed by atoms with Crippen LogP contribution < -0.4 is 11.5 Å². The van der Waals surface area contributed by atoms with E-state index in [1.807, 2.05) is 0 Å². The van der Waals surface area contributed by atoms with Gasteiger partial charge in [0.05, 0.1) is 12.7 Å². The lowest BCUT2D eigenvalue weighted by atomic mass is 10.1. The van der Waals surface area contributed by atoms with Gasteiger partial charge in [0, 0.05) is 18.4 Å². The van der Waals surface area contributed by atoms with Gasteiger partial charge in [0.15, 0.2) is 0 Å². The van der Waals surface area contributed by atoms with Crippen molar-refractivity contribution >= 4 is 23.3 Å². The number of amides is 1. The highest BCUT2D eigenvalue weighted by molar-refractivity contribution is 6.00. The molecule has 0 heterocycles. The van der Waals surface area contributed by atoms with E-state index in [2.05, 4.69) is 4.74 Å². The molecule has 17 heavy (non-hydrogen) atoms. The maximum Gasteiger partial charge on any atom is 0.325 e. The van der Waals surface area contributed by atoms with Gasteiger partial charge >= 0.3 is 5.97 Å². The number of methoxy groups -OCH3 is 1. The zero-order valence-corrected chi connectivity index (χ0v) is 9.77. The van der Waals surface area contributed by atoms with Crippen LogP contribution in [0.2, 0.25) is 0 Å². The first-order valence-electron chi connectivity index (χ1n) is 4.93. The van der Waals surface area contributed by atoms with Gasteiger partial charge in [-0.2, -0.15) is 0 Å². The van der Waals surface area contributed by atoms with Crippen LogP contribution in [0.15, 0.2) is 18.2 Å². The minimum atomic E-state index is -0.491. The lowest BCUT2D eigenvalue weighted by molar-refractivity contribution is -0.141. The number of benzene rings is 1. The SMILES string of the molecule is COC(=O)CN(C)C(=O)c1ccc(N)cc1N. The Labute approximate surface area is 99.1 Å². The molecule has 1 aromatic carbocycles. The number of esters is 1. The van der Waals surface area contributed by atoms with Crippen molar-refractivity contribution in [2.24, 2.45) is 0 Å². The smallest absolute Gasteiger partial charge is 0.325 e. The molecule has 1 aromatic rings. The van der Waals surface area contributed by atoms with Crippen LogP contribution in [0.4, 0.5) is 11.4 Å². The highest BCUT2D eigenvalue weighted by atomic mass is 16.5. The summed E-state index contributed by atoms with van der Waals surface area (Å²) in [4.78, 5) is 24.2. The van der Waals surface area contributed by atoms with Gasteiger partial charge in [0.1, 0.15) is 6.54 Å². The monoisotopic (exact) mass is 237 g/mol. The fraction of sp³-hybridized carbons (Fsp3) is 0.273. The van der Waals surface area contributed by atoms with E-state index in [9.17, 15) is 9.59 Å². The molecule has 6 heteroatoms. The molecule has 4 N–H and O–H groups in total. The van der Waals surface area contributed by atoms with Crippen molar-refractivity contribution in [1.82, 2.24) is 4.90 Å². The molecule has 0 unspecified atom stereocenters. The average molecular weight is 237 g/mol. The molecule has 0 fully saturated rings. The van der Waals surface area contributed by atoms with Crippen molar-refractivity contribution in [3.8, 4) is 0 Å². The predicted octanol–water partition coefficient (Wildman–Crippen LogP) is 0.0960. The molecule has 0 aliphatic carbocycles. The Balaban J connectivity index is 2.85. The molecule has 1 amide bonds. The maximum absolute atomic E-state index is 11.9. The number of hydrogen-bond donors (Lipinski definition) is 2. The molecule has 0 aliphatic rings. The van der Waals surface area contributed by atoms with Crippen molar-refractivity contribution in [2.75, 3.05) is 32.2 Å². The third-order valence-electron chi connectivity index (χ3n) is 2.25. The van der Waals surface area contributed by atoms with E-state index in [1.165, 1.54) is 31.2 Å². The number of nitrogens with zero attached hydrogens (tertiary/aromatic N) is 1. The minimum Gasteiger partial charge on any atom is -0.468 e. The van der Waals surface area contributed by atoms with E-state index in [0.717, 1.165) is 0 Å². The molecule has 0 aliphatic heterocycles. The Morgan fingerprint density at radius 1 is 1.35 bits per heavy atom. The molecule has 92 valence electrons. The summed E-state index contributed by atoms with van der Waals surface area (Å²) in [5.41, 5.74) is 12.3. The van der Waals surface area contributed by atoms with Crippen molar-refractivity contribution < 1.29 is 14.3 Å². The van der Waals surface area contributed by atoms with Gasteiger partial charge in [-0.1, -0.05) is 0 Å². The Morgan fingerprint density at radius 3 is 2.53 bits per heavy atom. The van der Waals surface area contributed by atoms with Gasteiger partial charge in [0.2, 0.25) is 0 Å². The second kappa shape index (κ2) is 5.20. The van der Waals surface area contributed by atoms with Gasteiger partial charge in [-0.3, -0.25) is 9.59 Å². The minimum absolute atomic E-state index is 0.126. The van der Waals surface area contributed by atoms with Crippen molar-refractivity contribution in [3.63, 3.8) is 0 Å². The molecule has 0 bridgehead atoms. The lowest BCUT2D eigenvalue weighted by Gasteiger charge is -2.16. The highest BCUT2D eigenvalue weighted by Gasteiger charge is 2.17. The second-order valence-electron chi connectivity index (χ2n) is 3.58. The molecular formula is C11H15N3O3. The van der Waals surface area contributed by atoms with Crippen LogP contribution in [-0.4, -0.2) is 37.5 Å². The van der Waals surface area contributed by atoms with Gasteiger partial charge in [-0.05, 0) is 18.2 Å². The summed E-state index contributed by atoms with van der Waals surface area (Å²) in [6.45, 7) is -0.126. The number of hydrogen-bond acceptors (Lipinski definition) is 5. The summed E-state index contributed by atoms with van der Waals surface area (Å²) in [5.74, 6) is -0.845. The molecule has 0 saturated carbocycles. The maximum atomic E-state index is 11.9. The zero-order chi connectivity index (χ0) is 13.0. The summed E-state index contributed by atoms with van der Waals surface area (Å²) in [6.07, 6.45) is 0. The van der Waals surface area contributed by atoms with Crippen molar-refractivity contribution in [3.05, 3.63) is 23.8 Å². The van der Waals surface area contributed by atoms with E-state index in [1.54, 1.807) is 6.07 Å². The van der Waals surface area contributed by atoms with Gasteiger partial charge in [-0.15, -0.1) is 0 Å². The quantitative estimate of drug-likeness (QED) is 0.573. The lowest BCUT2D eigenvalue weighted by Crippen LogP contribution is -2.33. The van der Waals surface area contributed by atoms with Crippen LogP contribution in [0.25, 0.3) is 0 Å². The van der Waals surface area contributed by atoms with Crippen LogP contribution in [0.5, 0.6) is 0 Å². The predicted molar refractivity (Wildman–Crippen MR) is 64.2 cm³/mol. The third-order valence-corrected chi connectivity index (χ3v) is 2.25. The number of ether oxygens (including phenoxy) is 1. The Hall–Kier alpha value is -2.24. The standard InChI is InChI=1S/C11H15N3O3/c1-14(6-10(15)17-2)11(16)8-4-3-7(12)5-9(8)13/h3-5H,6,12-13H2,1-2H3. The summed E-state index contributed by atoms with van der Waals surface area (Å²) in [6, 6.07) is 4.61. The summed E-state index contributed by atoms with van der Waals surface area (Å²) in [7, 11) is 2.76. The molecule has 0 spiro atoms. The van der Waals surface area contributed by atoms with Gasteiger partial charge in [-0.25, -0.2) is 0 Å². The average Bonchev–Trinajstić information content (AvgIpc) is 2.28. The Kier molecular flexibility index (Phi) is 3.92. The molecular weight excluding hydrogens is 222 g/mol. The number of carbonyl (C=O) groups is 2. The van der Waals surface area contributed by atoms with Crippen LogP contribution in [-0.2, 0) is 9.53 Å². The van der Waals surface area contributed by atoms with E-state index in [4.69, 9.17) is 11.5 Å². The first-order chi connectivity index (χ1) is 7.95. The number of anilines is 2. The van der Waals surface area contributed by atoms with E-state index in [-0.39, 0.29) is 18.1 Å². The van der Waals surface area contributed by atoms with E-state index in [0.29, 0.717) is 11.3 Å². The van der Waals surface area contributed by atoms with Crippen LogP contribution in [0.1, 0.15) is 10.4 Å². The number of carbonyl (C=O) groups excluding carboxylic acids is 2. The highest BCUT2D eigenvalue weighted by Crippen LogP contribution is 2.17. The molecule has 1 rings (SSSR count). The fourth-order valence-corrected chi connectivity index (χ4v) is 1.31. The van der Waals surface area contributed by atoms with Crippen molar-refractivity contribution in [1.29, 1.82) is 0 Å². The third kappa shape index (κ3) is 3.10. The van der Waals surface area contributed by atoms with E-state index >= 15 is 0 Å². The fourth-order valence-electron chi connectivity index (χ4n) is 1.31. The van der Waals surface area contributed by atoms with Crippen LogP contribution >= 0.6 is 0 Å². The molecule has 0 radical (unpaired) electrons.